The minimum atomic E-state index is 0.101. The number of amides is 1. The Bertz CT molecular complexity index is 1140. The van der Waals surface area contributed by atoms with E-state index in [-0.39, 0.29) is 5.91 Å². The molecule has 35 heavy (non-hydrogen) atoms. The highest BCUT2D eigenvalue weighted by Gasteiger charge is 2.20. The summed E-state index contributed by atoms with van der Waals surface area (Å²) in [7, 11) is 2.09. The Kier molecular flexibility index (Phi) is 7.61. The van der Waals surface area contributed by atoms with E-state index in [1.54, 1.807) is 11.8 Å². The number of aromatic nitrogens is 2. The van der Waals surface area contributed by atoms with Crippen molar-refractivity contribution in [2.75, 3.05) is 64.4 Å². The Morgan fingerprint density at radius 1 is 0.971 bits per heavy atom. The minimum absolute atomic E-state index is 0.101. The molecule has 2 fully saturated rings. The minimum Gasteiger partial charge on any atom is -0.378 e. The lowest BCUT2D eigenvalue weighted by molar-refractivity contribution is 0.0664. The zero-order chi connectivity index (χ0) is 24.0. The van der Waals surface area contributed by atoms with Gasteiger partial charge >= 0.3 is 0 Å². The number of morpholine rings is 1. The first-order valence-electron chi connectivity index (χ1n) is 12.1. The Balaban J connectivity index is 1.22. The smallest absolute Gasteiger partial charge is 0.253 e. The number of anilines is 1. The van der Waals surface area contributed by atoms with Crippen LogP contribution >= 0.6 is 11.8 Å². The Morgan fingerprint density at radius 3 is 2.51 bits per heavy atom. The van der Waals surface area contributed by atoms with Gasteiger partial charge in [-0.1, -0.05) is 30.0 Å². The van der Waals surface area contributed by atoms with Crippen molar-refractivity contribution in [1.82, 2.24) is 19.8 Å². The van der Waals surface area contributed by atoms with Gasteiger partial charge in [0.05, 0.1) is 13.2 Å². The van der Waals surface area contributed by atoms with Crippen LogP contribution in [0.15, 0.2) is 70.7 Å². The van der Waals surface area contributed by atoms with E-state index in [0.29, 0.717) is 6.42 Å². The normalized spacial score (nSPS) is 16.9. The molecule has 7 nitrogen and oxygen atoms in total. The molecule has 2 aliphatic heterocycles. The van der Waals surface area contributed by atoms with Gasteiger partial charge in [0.25, 0.3) is 5.91 Å². The van der Waals surface area contributed by atoms with Gasteiger partial charge in [0.2, 0.25) is 0 Å². The second-order valence-electron chi connectivity index (χ2n) is 8.98. The molecule has 2 saturated heterocycles. The van der Waals surface area contributed by atoms with Crippen LogP contribution in [-0.4, -0.2) is 85.2 Å². The molecule has 0 unspecified atom stereocenters. The Morgan fingerprint density at radius 2 is 1.74 bits per heavy atom. The monoisotopic (exact) mass is 489 g/mol. The summed E-state index contributed by atoms with van der Waals surface area (Å²) < 4.78 is 5.45. The van der Waals surface area contributed by atoms with Gasteiger partial charge in [-0.05, 0) is 49.0 Å². The summed E-state index contributed by atoms with van der Waals surface area (Å²) in [5, 5.41) is 0.879. The summed E-state index contributed by atoms with van der Waals surface area (Å²) >= 11 is 1.56. The van der Waals surface area contributed by atoms with E-state index in [1.165, 1.54) is 11.3 Å². The van der Waals surface area contributed by atoms with Gasteiger partial charge in [0.1, 0.15) is 10.9 Å². The van der Waals surface area contributed by atoms with Gasteiger partial charge in [-0.15, -0.1) is 0 Å². The van der Waals surface area contributed by atoms with Crippen molar-refractivity contribution in [3.63, 3.8) is 0 Å². The van der Waals surface area contributed by atoms with Crippen molar-refractivity contribution in [2.24, 2.45) is 0 Å². The van der Waals surface area contributed by atoms with E-state index in [2.05, 4.69) is 46.1 Å². The molecule has 2 aromatic carbocycles. The third-order valence-corrected chi connectivity index (χ3v) is 7.37. The van der Waals surface area contributed by atoms with Crippen molar-refractivity contribution in [2.45, 2.75) is 16.3 Å². The zero-order valence-corrected chi connectivity index (χ0v) is 20.9. The van der Waals surface area contributed by atoms with E-state index < -0.39 is 0 Å². The molecule has 3 heterocycles. The highest BCUT2D eigenvalue weighted by atomic mass is 32.2. The molecule has 0 radical (unpaired) electrons. The van der Waals surface area contributed by atoms with Crippen molar-refractivity contribution in [3.8, 4) is 0 Å². The molecule has 8 heteroatoms. The third-order valence-electron chi connectivity index (χ3n) is 6.45. The average Bonchev–Trinajstić information content (AvgIpc) is 2.90. The largest absolute Gasteiger partial charge is 0.378 e. The van der Waals surface area contributed by atoms with Crippen LogP contribution in [0.1, 0.15) is 21.7 Å². The van der Waals surface area contributed by atoms with Crippen molar-refractivity contribution >= 4 is 23.4 Å². The molecule has 3 aromatic rings. The fourth-order valence-corrected chi connectivity index (χ4v) is 5.21. The number of ether oxygens (including phenoxy) is 1. The topological polar surface area (TPSA) is 61.8 Å². The molecular weight excluding hydrogens is 458 g/mol. The van der Waals surface area contributed by atoms with Crippen molar-refractivity contribution in [1.29, 1.82) is 0 Å². The number of likely N-dealkylation sites (N-methyl/N-ethyl adjacent to an activating group) is 1. The predicted molar refractivity (Wildman–Crippen MR) is 138 cm³/mol. The van der Waals surface area contributed by atoms with Gasteiger partial charge in [-0.2, -0.15) is 0 Å². The Hall–Kier alpha value is -2.94. The molecule has 2 aliphatic rings. The second-order valence-corrected chi connectivity index (χ2v) is 10.1. The third kappa shape index (κ3) is 6.20. The molecular formula is C27H31N5O2S. The fraction of sp³-hybridized carbons (Fsp3) is 0.370. The lowest BCUT2D eigenvalue weighted by atomic mass is 10.1. The summed E-state index contributed by atoms with van der Waals surface area (Å²) in [5.41, 5.74) is 3.14. The van der Waals surface area contributed by atoms with Crippen LogP contribution < -0.4 is 4.90 Å². The van der Waals surface area contributed by atoms with E-state index in [4.69, 9.17) is 9.72 Å². The number of piperazine rings is 1. The maximum Gasteiger partial charge on any atom is 0.253 e. The first-order valence-corrected chi connectivity index (χ1v) is 12.9. The molecule has 5 rings (SSSR count). The molecule has 0 saturated carbocycles. The highest BCUT2D eigenvalue weighted by molar-refractivity contribution is 7.99. The van der Waals surface area contributed by atoms with Crippen LogP contribution in [0.4, 0.5) is 5.69 Å². The Labute approximate surface area is 211 Å². The van der Waals surface area contributed by atoms with Gasteiger partial charge in [0.15, 0.2) is 0 Å². The molecule has 1 aromatic heterocycles. The lowest BCUT2D eigenvalue weighted by Gasteiger charge is -2.32. The summed E-state index contributed by atoms with van der Waals surface area (Å²) in [6, 6.07) is 18.4. The quantitative estimate of drug-likeness (QED) is 0.492. The van der Waals surface area contributed by atoms with Crippen LogP contribution in [0.5, 0.6) is 0 Å². The maximum atomic E-state index is 13.0. The van der Waals surface area contributed by atoms with Crippen molar-refractivity contribution < 1.29 is 9.53 Å². The number of carbonyl (C=O) groups excluding carboxylic acids is 1. The van der Waals surface area contributed by atoms with Crippen molar-refractivity contribution in [3.05, 3.63) is 77.7 Å². The average molecular weight is 490 g/mol. The molecule has 1 amide bonds. The first-order chi connectivity index (χ1) is 17.1. The lowest BCUT2D eigenvalue weighted by Crippen LogP contribution is -2.47. The predicted octanol–water partition coefficient (Wildman–Crippen LogP) is 3.44. The second kappa shape index (κ2) is 11.2. The molecule has 0 N–H and O–H groups in total. The van der Waals surface area contributed by atoms with E-state index in [9.17, 15) is 4.79 Å². The standard InChI is InChI=1S/C27H31N5O2S/c1-30-11-13-32(14-12-30)27(33)22-3-2-4-24(20-22)35-26-9-10-28-25(29-26)19-21-5-7-23(8-6-21)31-15-17-34-18-16-31/h2-10,20H,11-19H2,1H3. The van der Waals surface area contributed by atoms with E-state index >= 15 is 0 Å². The highest BCUT2D eigenvalue weighted by Crippen LogP contribution is 2.27. The van der Waals surface area contributed by atoms with Crippen LogP contribution in [0.25, 0.3) is 0 Å². The van der Waals surface area contributed by atoms with E-state index in [0.717, 1.165) is 73.8 Å². The summed E-state index contributed by atoms with van der Waals surface area (Å²) in [6.45, 7) is 6.82. The van der Waals surface area contributed by atoms with Gasteiger partial charge < -0.3 is 19.4 Å². The number of benzene rings is 2. The van der Waals surface area contributed by atoms with Gasteiger partial charge in [0, 0.05) is 68.0 Å². The number of nitrogens with zero attached hydrogens (tertiary/aromatic N) is 5. The summed E-state index contributed by atoms with van der Waals surface area (Å²) in [6.07, 6.45) is 2.49. The van der Waals surface area contributed by atoms with E-state index in [1.807, 2.05) is 41.4 Å². The molecule has 0 aliphatic carbocycles. The maximum absolute atomic E-state index is 13.0. The number of hydrogen-bond acceptors (Lipinski definition) is 7. The number of carbonyl (C=O) groups is 1. The summed E-state index contributed by atoms with van der Waals surface area (Å²) in [4.78, 5) is 29.8. The number of hydrogen-bond donors (Lipinski definition) is 0. The zero-order valence-electron chi connectivity index (χ0n) is 20.1. The van der Waals surface area contributed by atoms with Crippen LogP contribution in [-0.2, 0) is 11.2 Å². The molecule has 0 bridgehead atoms. The molecule has 182 valence electrons. The molecule has 0 spiro atoms. The van der Waals surface area contributed by atoms with Gasteiger partial charge in [-0.3, -0.25) is 4.79 Å². The summed E-state index contributed by atoms with van der Waals surface area (Å²) in [5.74, 6) is 0.892. The number of rotatable bonds is 6. The van der Waals surface area contributed by atoms with Crippen LogP contribution in [0, 0.1) is 0 Å². The SMILES string of the molecule is CN1CCN(C(=O)c2cccc(Sc3ccnc(Cc4ccc(N5CCOCC5)cc4)n3)c2)CC1. The molecule has 0 atom stereocenters. The van der Waals surface area contributed by atoms with Crippen LogP contribution in [0.2, 0.25) is 0 Å². The first kappa shape index (κ1) is 23.8. The fourth-order valence-electron chi connectivity index (χ4n) is 4.36. The van der Waals surface area contributed by atoms with Gasteiger partial charge in [-0.25, -0.2) is 9.97 Å². The van der Waals surface area contributed by atoms with Crippen LogP contribution in [0.3, 0.4) is 0 Å².